The summed E-state index contributed by atoms with van der Waals surface area (Å²) in [6.45, 7) is 0. The van der Waals surface area contributed by atoms with Crippen LogP contribution in [0.25, 0.3) is 0 Å². The first-order chi connectivity index (χ1) is 5.77. The number of hydrogen-bond acceptors (Lipinski definition) is 3. The lowest BCUT2D eigenvalue weighted by molar-refractivity contribution is 0.285. The number of aromatic nitrogens is 1. The topological polar surface area (TPSA) is 48.1 Å². The molecule has 2 rings (SSSR count). The Labute approximate surface area is 69.4 Å². The average Bonchev–Trinajstić information content (AvgIpc) is 2.80. The highest BCUT2D eigenvalue weighted by Gasteiger charge is 2.26. The lowest BCUT2D eigenvalue weighted by Gasteiger charge is -2.06. The maximum absolute atomic E-state index is 12.9. The van der Waals surface area contributed by atoms with Crippen molar-refractivity contribution in [1.82, 2.24) is 4.98 Å². The molecule has 1 fully saturated rings. The summed E-state index contributed by atoms with van der Waals surface area (Å²) in [5.74, 6) is -0.526. The van der Waals surface area contributed by atoms with Crippen molar-refractivity contribution in [3.8, 4) is 5.75 Å². The normalized spacial score (nSPS) is 16.1. The summed E-state index contributed by atoms with van der Waals surface area (Å²) in [4.78, 5) is 3.45. The largest absolute Gasteiger partial charge is 0.484 e. The van der Waals surface area contributed by atoms with Gasteiger partial charge in [-0.3, -0.25) is 0 Å². The van der Waals surface area contributed by atoms with Gasteiger partial charge in [-0.15, -0.1) is 0 Å². The van der Waals surface area contributed by atoms with E-state index in [1.54, 1.807) is 0 Å². The molecule has 1 aliphatic rings. The molecule has 0 spiro atoms. The first kappa shape index (κ1) is 7.34. The van der Waals surface area contributed by atoms with Crippen molar-refractivity contribution in [1.29, 1.82) is 0 Å². The number of rotatable bonds is 2. The van der Waals surface area contributed by atoms with Crippen LogP contribution in [0.2, 0.25) is 0 Å². The zero-order valence-electron chi connectivity index (χ0n) is 6.46. The molecule has 1 aromatic heterocycles. The van der Waals surface area contributed by atoms with Crippen LogP contribution in [-0.2, 0) is 0 Å². The van der Waals surface area contributed by atoms with Crippen molar-refractivity contribution in [2.45, 2.75) is 18.9 Å². The number of halogens is 1. The molecule has 0 amide bonds. The third kappa shape index (κ3) is 1.32. The van der Waals surface area contributed by atoms with Crippen LogP contribution in [0, 0.1) is 5.95 Å². The van der Waals surface area contributed by atoms with Crippen molar-refractivity contribution in [3.63, 3.8) is 0 Å². The van der Waals surface area contributed by atoms with Crippen LogP contribution in [-0.4, -0.2) is 11.1 Å². The van der Waals surface area contributed by atoms with Crippen molar-refractivity contribution in [2.75, 3.05) is 5.73 Å². The number of anilines is 1. The van der Waals surface area contributed by atoms with Crippen molar-refractivity contribution in [3.05, 3.63) is 18.2 Å². The highest BCUT2D eigenvalue weighted by atomic mass is 19.1. The smallest absolute Gasteiger partial charge is 0.257 e. The molecule has 0 radical (unpaired) electrons. The number of nitrogen functional groups attached to an aromatic ring is 1. The van der Waals surface area contributed by atoms with Gasteiger partial charge < -0.3 is 10.5 Å². The van der Waals surface area contributed by atoms with Gasteiger partial charge in [-0.25, -0.2) is 4.98 Å². The highest BCUT2D eigenvalue weighted by molar-refractivity contribution is 5.50. The number of hydrogen-bond donors (Lipinski definition) is 1. The Morgan fingerprint density at radius 1 is 1.58 bits per heavy atom. The van der Waals surface area contributed by atoms with Gasteiger partial charge >= 0.3 is 0 Å². The van der Waals surface area contributed by atoms with Crippen LogP contribution in [0.1, 0.15) is 12.8 Å². The Morgan fingerprint density at radius 3 is 2.92 bits per heavy atom. The number of nitrogens with two attached hydrogens (primary N) is 1. The molecule has 1 aliphatic carbocycles. The van der Waals surface area contributed by atoms with Crippen LogP contribution in [0.15, 0.2) is 12.3 Å². The van der Waals surface area contributed by atoms with Crippen molar-refractivity contribution < 1.29 is 9.13 Å². The van der Waals surface area contributed by atoms with E-state index < -0.39 is 5.95 Å². The molecule has 0 unspecified atom stereocenters. The SMILES string of the molecule is Nc1ccnc(F)c1OC1CC1. The predicted molar refractivity (Wildman–Crippen MR) is 42.3 cm³/mol. The molecule has 64 valence electrons. The van der Waals surface area contributed by atoms with E-state index in [0.717, 1.165) is 12.8 Å². The standard InChI is InChI=1S/C8H9FN2O/c9-8-7(12-5-1-2-5)6(10)3-4-11-8/h3-5H,1-2H2,(H2,10,11). The fourth-order valence-corrected chi connectivity index (χ4v) is 0.906. The second-order valence-electron chi connectivity index (χ2n) is 2.84. The first-order valence-electron chi connectivity index (χ1n) is 3.84. The summed E-state index contributed by atoms with van der Waals surface area (Å²) in [6.07, 6.45) is 3.43. The number of pyridine rings is 1. The van der Waals surface area contributed by atoms with E-state index in [-0.39, 0.29) is 11.9 Å². The third-order valence-corrected chi connectivity index (χ3v) is 1.70. The summed E-state index contributed by atoms with van der Waals surface area (Å²) in [7, 11) is 0. The monoisotopic (exact) mass is 168 g/mol. The molecular formula is C8H9FN2O. The molecule has 4 heteroatoms. The third-order valence-electron chi connectivity index (χ3n) is 1.70. The zero-order valence-corrected chi connectivity index (χ0v) is 6.46. The van der Waals surface area contributed by atoms with Crippen LogP contribution >= 0.6 is 0 Å². The molecule has 1 saturated carbocycles. The Hall–Kier alpha value is -1.32. The van der Waals surface area contributed by atoms with Gasteiger partial charge in [-0.2, -0.15) is 4.39 Å². The van der Waals surface area contributed by atoms with E-state index in [0.29, 0.717) is 5.69 Å². The minimum absolute atomic E-state index is 0.0972. The molecule has 0 bridgehead atoms. The summed E-state index contributed by atoms with van der Waals surface area (Å²) in [6, 6.07) is 1.53. The van der Waals surface area contributed by atoms with Crippen molar-refractivity contribution >= 4 is 5.69 Å². The lowest BCUT2D eigenvalue weighted by atomic mass is 10.4. The molecule has 3 nitrogen and oxygen atoms in total. The molecule has 0 atom stereocenters. The second-order valence-corrected chi connectivity index (χ2v) is 2.84. The van der Waals surface area contributed by atoms with Gasteiger partial charge in [0.25, 0.3) is 5.95 Å². The van der Waals surface area contributed by atoms with E-state index in [1.165, 1.54) is 12.3 Å². The van der Waals surface area contributed by atoms with Crippen LogP contribution in [0.4, 0.5) is 10.1 Å². The fourth-order valence-electron chi connectivity index (χ4n) is 0.906. The van der Waals surface area contributed by atoms with Gasteiger partial charge in [-0.1, -0.05) is 0 Å². The minimum atomic E-state index is -0.623. The van der Waals surface area contributed by atoms with Gasteiger partial charge in [0.2, 0.25) is 0 Å². The molecule has 12 heavy (non-hydrogen) atoms. The predicted octanol–water partition coefficient (Wildman–Crippen LogP) is 1.34. The Morgan fingerprint density at radius 2 is 2.33 bits per heavy atom. The van der Waals surface area contributed by atoms with E-state index >= 15 is 0 Å². The molecule has 0 aliphatic heterocycles. The Balaban J connectivity index is 2.26. The fraction of sp³-hybridized carbons (Fsp3) is 0.375. The maximum atomic E-state index is 12.9. The van der Waals surface area contributed by atoms with Gasteiger partial charge in [0, 0.05) is 6.20 Å². The van der Waals surface area contributed by atoms with Gasteiger partial charge in [-0.05, 0) is 18.9 Å². The van der Waals surface area contributed by atoms with E-state index in [2.05, 4.69) is 4.98 Å². The van der Waals surface area contributed by atoms with Crippen molar-refractivity contribution in [2.24, 2.45) is 0 Å². The summed E-state index contributed by atoms with van der Waals surface area (Å²) in [5.41, 5.74) is 5.81. The van der Waals surface area contributed by atoms with Gasteiger partial charge in [0.15, 0.2) is 5.75 Å². The first-order valence-corrected chi connectivity index (χ1v) is 3.84. The molecule has 0 saturated heterocycles. The van der Waals surface area contributed by atoms with Gasteiger partial charge in [0.1, 0.15) is 0 Å². The van der Waals surface area contributed by atoms with E-state index in [4.69, 9.17) is 10.5 Å². The van der Waals surface area contributed by atoms with Crippen LogP contribution in [0.5, 0.6) is 5.75 Å². The molecule has 1 aromatic rings. The van der Waals surface area contributed by atoms with E-state index in [9.17, 15) is 4.39 Å². The highest BCUT2D eigenvalue weighted by Crippen LogP contribution is 2.31. The van der Waals surface area contributed by atoms with Gasteiger partial charge in [0.05, 0.1) is 11.8 Å². The van der Waals surface area contributed by atoms with E-state index in [1.807, 2.05) is 0 Å². The minimum Gasteiger partial charge on any atom is -0.484 e. The lowest BCUT2D eigenvalue weighted by Crippen LogP contribution is -2.03. The Bertz CT molecular complexity index is 279. The molecular weight excluding hydrogens is 159 g/mol. The number of nitrogens with zero attached hydrogens (tertiary/aromatic N) is 1. The Kier molecular flexibility index (Phi) is 1.60. The quantitative estimate of drug-likeness (QED) is 0.678. The molecule has 2 N–H and O–H groups in total. The summed E-state index contributed by atoms with van der Waals surface area (Å²) in [5, 5.41) is 0. The average molecular weight is 168 g/mol. The molecule has 1 heterocycles. The maximum Gasteiger partial charge on any atom is 0.257 e. The van der Waals surface area contributed by atoms with Crippen LogP contribution in [0.3, 0.4) is 0 Å². The number of ether oxygens (including phenoxy) is 1. The second kappa shape index (κ2) is 2.62. The van der Waals surface area contributed by atoms with Crippen LogP contribution < -0.4 is 10.5 Å². The zero-order chi connectivity index (χ0) is 8.55. The summed E-state index contributed by atoms with van der Waals surface area (Å²) < 4.78 is 18.1. The summed E-state index contributed by atoms with van der Waals surface area (Å²) >= 11 is 0. The molecule has 0 aromatic carbocycles.